The van der Waals surface area contributed by atoms with Crippen LogP contribution >= 0.6 is 23.4 Å². The molecular formula is C11H9ClN2O2S. The number of halogens is 1. The van der Waals surface area contributed by atoms with E-state index in [-0.39, 0.29) is 5.15 Å². The Kier molecular flexibility index (Phi) is 3.40. The van der Waals surface area contributed by atoms with Crippen LogP contribution in [-0.4, -0.2) is 15.8 Å². The molecule has 1 heterocycles. The van der Waals surface area contributed by atoms with Gasteiger partial charge in [0.2, 0.25) is 0 Å². The van der Waals surface area contributed by atoms with E-state index in [4.69, 9.17) is 11.6 Å². The topological polar surface area (TPSA) is 54.9 Å². The summed E-state index contributed by atoms with van der Waals surface area (Å²) in [6.45, 7) is 0. The molecule has 0 bridgehead atoms. The highest BCUT2D eigenvalue weighted by Crippen LogP contribution is 2.21. The summed E-state index contributed by atoms with van der Waals surface area (Å²) < 4.78 is 1.07. The Balaban J connectivity index is 2.78. The standard InChI is InChI=1S/C11H9ClN2O2S/c1-17-8-5-3-2-4-7(8)14-10(15)6-9(12)13-11(14)16/h2-6H,1H3,(H,13,16). The van der Waals surface area contributed by atoms with Crippen LogP contribution in [-0.2, 0) is 0 Å². The van der Waals surface area contributed by atoms with E-state index in [0.29, 0.717) is 5.69 Å². The quantitative estimate of drug-likeness (QED) is 0.669. The molecule has 0 atom stereocenters. The first-order valence-electron chi connectivity index (χ1n) is 4.79. The summed E-state index contributed by atoms with van der Waals surface area (Å²) in [5, 5.41) is 0.0397. The number of nitrogens with one attached hydrogen (secondary N) is 1. The van der Waals surface area contributed by atoms with E-state index < -0.39 is 11.2 Å². The minimum absolute atomic E-state index is 0.0397. The minimum Gasteiger partial charge on any atom is -0.297 e. The lowest BCUT2D eigenvalue weighted by atomic mass is 10.3. The first kappa shape index (κ1) is 12.0. The number of rotatable bonds is 2. The van der Waals surface area contributed by atoms with E-state index in [9.17, 15) is 9.59 Å². The van der Waals surface area contributed by atoms with Crippen LogP contribution in [0.15, 0.2) is 44.8 Å². The second-order valence-corrected chi connectivity index (χ2v) is 4.52. The minimum atomic E-state index is -0.538. The van der Waals surface area contributed by atoms with E-state index in [2.05, 4.69) is 4.98 Å². The molecule has 1 N–H and O–H groups in total. The van der Waals surface area contributed by atoms with Crippen LogP contribution in [0, 0.1) is 0 Å². The molecule has 0 spiro atoms. The highest BCUT2D eigenvalue weighted by Gasteiger charge is 2.09. The SMILES string of the molecule is CSc1ccccc1-n1c(=O)cc(Cl)[nH]c1=O. The van der Waals surface area contributed by atoms with Crippen LogP contribution < -0.4 is 11.2 Å². The zero-order valence-electron chi connectivity index (χ0n) is 8.94. The lowest BCUT2D eigenvalue weighted by molar-refractivity contribution is 0.860. The fraction of sp³-hybridized carbons (Fsp3) is 0.0909. The molecular weight excluding hydrogens is 260 g/mol. The first-order chi connectivity index (χ1) is 8.13. The van der Waals surface area contributed by atoms with Gasteiger partial charge >= 0.3 is 5.69 Å². The van der Waals surface area contributed by atoms with Gasteiger partial charge in [0.15, 0.2) is 0 Å². The summed E-state index contributed by atoms with van der Waals surface area (Å²) in [7, 11) is 0. The number of aromatic nitrogens is 2. The van der Waals surface area contributed by atoms with Gasteiger partial charge in [-0.05, 0) is 18.4 Å². The fourth-order valence-electron chi connectivity index (χ4n) is 1.51. The van der Waals surface area contributed by atoms with Gasteiger partial charge in [-0.1, -0.05) is 23.7 Å². The second-order valence-electron chi connectivity index (χ2n) is 3.27. The number of nitrogens with zero attached hydrogens (tertiary/aromatic N) is 1. The van der Waals surface area contributed by atoms with Crippen molar-refractivity contribution in [3.8, 4) is 5.69 Å². The Morgan fingerprint density at radius 3 is 2.65 bits per heavy atom. The summed E-state index contributed by atoms with van der Waals surface area (Å²) in [6.07, 6.45) is 1.88. The van der Waals surface area contributed by atoms with E-state index >= 15 is 0 Å². The average molecular weight is 269 g/mol. The fourth-order valence-corrected chi connectivity index (χ4v) is 2.27. The van der Waals surface area contributed by atoms with Crippen LogP contribution in [0.4, 0.5) is 0 Å². The Labute approximate surface area is 106 Å². The smallest absolute Gasteiger partial charge is 0.297 e. The van der Waals surface area contributed by atoms with Crippen molar-refractivity contribution in [3.63, 3.8) is 0 Å². The number of hydrogen-bond donors (Lipinski definition) is 1. The molecule has 0 aliphatic rings. The molecule has 0 aliphatic heterocycles. The van der Waals surface area contributed by atoms with Crippen LogP contribution in [0.5, 0.6) is 0 Å². The third kappa shape index (κ3) is 2.30. The zero-order valence-corrected chi connectivity index (χ0v) is 10.5. The number of para-hydroxylation sites is 1. The van der Waals surface area contributed by atoms with Crippen molar-refractivity contribution >= 4 is 23.4 Å². The van der Waals surface area contributed by atoms with Crippen molar-refractivity contribution in [2.45, 2.75) is 4.90 Å². The van der Waals surface area contributed by atoms with Crippen molar-refractivity contribution in [2.24, 2.45) is 0 Å². The van der Waals surface area contributed by atoms with Gasteiger partial charge in [0.25, 0.3) is 5.56 Å². The maximum absolute atomic E-state index is 11.8. The van der Waals surface area contributed by atoms with Gasteiger partial charge in [0.1, 0.15) is 5.15 Å². The number of benzene rings is 1. The van der Waals surface area contributed by atoms with Gasteiger partial charge < -0.3 is 0 Å². The first-order valence-corrected chi connectivity index (χ1v) is 6.39. The van der Waals surface area contributed by atoms with E-state index in [0.717, 1.165) is 9.46 Å². The van der Waals surface area contributed by atoms with E-state index in [1.54, 1.807) is 12.1 Å². The van der Waals surface area contributed by atoms with Crippen LogP contribution in [0.1, 0.15) is 0 Å². The molecule has 88 valence electrons. The van der Waals surface area contributed by atoms with Crippen molar-refractivity contribution in [2.75, 3.05) is 6.26 Å². The van der Waals surface area contributed by atoms with Crippen LogP contribution in [0.2, 0.25) is 5.15 Å². The molecule has 0 fully saturated rings. The molecule has 17 heavy (non-hydrogen) atoms. The van der Waals surface area contributed by atoms with Gasteiger partial charge in [-0.25, -0.2) is 9.36 Å². The van der Waals surface area contributed by atoms with Gasteiger partial charge in [0.05, 0.1) is 5.69 Å². The molecule has 2 rings (SSSR count). The number of aromatic amines is 1. The summed E-state index contributed by atoms with van der Waals surface area (Å²) in [5.74, 6) is 0. The molecule has 0 aliphatic carbocycles. The number of thioether (sulfide) groups is 1. The molecule has 0 saturated heterocycles. The normalized spacial score (nSPS) is 10.5. The Morgan fingerprint density at radius 2 is 2.00 bits per heavy atom. The predicted molar refractivity (Wildman–Crippen MR) is 69.5 cm³/mol. The summed E-state index contributed by atoms with van der Waals surface area (Å²) in [5.41, 5.74) is -0.424. The third-order valence-electron chi connectivity index (χ3n) is 2.23. The third-order valence-corrected chi connectivity index (χ3v) is 3.21. The Bertz CT molecular complexity index is 632. The van der Waals surface area contributed by atoms with Crippen molar-refractivity contribution < 1.29 is 0 Å². The Hall–Kier alpha value is -1.46. The maximum atomic E-state index is 11.8. The van der Waals surface area contributed by atoms with E-state index in [1.807, 2.05) is 18.4 Å². The van der Waals surface area contributed by atoms with E-state index in [1.165, 1.54) is 17.8 Å². The maximum Gasteiger partial charge on any atom is 0.334 e. The van der Waals surface area contributed by atoms with Gasteiger partial charge in [-0.15, -0.1) is 11.8 Å². The van der Waals surface area contributed by atoms with Gasteiger partial charge in [-0.2, -0.15) is 0 Å². The molecule has 2 aromatic rings. The molecule has 0 unspecified atom stereocenters. The molecule has 4 nitrogen and oxygen atoms in total. The summed E-state index contributed by atoms with van der Waals surface area (Å²) in [4.78, 5) is 26.8. The largest absolute Gasteiger partial charge is 0.334 e. The molecule has 6 heteroatoms. The van der Waals surface area contributed by atoms with Crippen LogP contribution in [0.3, 0.4) is 0 Å². The summed E-state index contributed by atoms with van der Waals surface area (Å²) >= 11 is 7.08. The second kappa shape index (κ2) is 4.81. The van der Waals surface area contributed by atoms with Gasteiger partial charge in [-0.3, -0.25) is 9.78 Å². The van der Waals surface area contributed by atoms with Crippen molar-refractivity contribution in [3.05, 3.63) is 56.3 Å². The predicted octanol–water partition coefficient (Wildman–Crippen LogP) is 1.90. The summed E-state index contributed by atoms with van der Waals surface area (Å²) in [6, 6.07) is 8.37. The zero-order chi connectivity index (χ0) is 12.4. The van der Waals surface area contributed by atoms with Crippen molar-refractivity contribution in [1.29, 1.82) is 0 Å². The van der Waals surface area contributed by atoms with Gasteiger partial charge in [0, 0.05) is 11.0 Å². The highest BCUT2D eigenvalue weighted by atomic mass is 35.5. The monoisotopic (exact) mass is 268 g/mol. The molecule has 1 aromatic heterocycles. The molecule has 1 aromatic carbocycles. The average Bonchev–Trinajstić information content (AvgIpc) is 2.28. The lowest BCUT2D eigenvalue weighted by Crippen LogP contribution is -2.33. The highest BCUT2D eigenvalue weighted by molar-refractivity contribution is 7.98. The number of hydrogen-bond acceptors (Lipinski definition) is 3. The molecule has 0 saturated carbocycles. The van der Waals surface area contributed by atoms with Crippen LogP contribution in [0.25, 0.3) is 5.69 Å². The molecule has 0 radical (unpaired) electrons. The number of H-pyrrole nitrogens is 1. The lowest BCUT2D eigenvalue weighted by Gasteiger charge is -2.08. The molecule has 0 amide bonds. The van der Waals surface area contributed by atoms with Crippen molar-refractivity contribution in [1.82, 2.24) is 9.55 Å². The Morgan fingerprint density at radius 1 is 1.29 bits per heavy atom.